The van der Waals surface area contributed by atoms with Gasteiger partial charge < -0.3 is 9.47 Å². The van der Waals surface area contributed by atoms with Crippen molar-refractivity contribution in [2.45, 2.75) is 6.61 Å². The molecule has 0 fully saturated rings. The van der Waals surface area contributed by atoms with Crippen LogP contribution < -0.4 is 0 Å². The Morgan fingerprint density at radius 3 is 2.75 bits per heavy atom. The smallest absolute Gasteiger partial charge is 0.146 e. The van der Waals surface area contributed by atoms with Gasteiger partial charge in [-0.2, -0.15) is 0 Å². The Balaban J connectivity index is 2.46. The zero-order valence-corrected chi connectivity index (χ0v) is 6.92. The average Bonchev–Trinajstić information content (AvgIpc) is 2.09. The van der Waals surface area contributed by atoms with Gasteiger partial charge in [0.2, 0.25) is 0 Å². The van der Waals surface area contributed by atoms with Crippen molar-refractivity contribution < 1.29 is 13.9 Å². The molecule has 0 heterocycles. The van der Waals surface area contributed by atoms with Crippen molar-refractivity contribution >= 4 is 0 Å². The van der Waals surface area contributed by atoms with Crippen molar-refractivity contribution in [1.29, 1.82) is 0 Å². The van der Waals surface area contributed by atoms with Gasteiger partial charge in [0.15, 0.2) is 0 Å². The first kappa shape index (κ1) is 9.16. The van der Waals surface area contributed by atoms with Crippen LogP contribution in [0.15, 0.2) is 24.3 Å². The van der Waals surface area contributed by atoms with Crippen molar-refractivity contribution in [2.75, 3.05) is 13.9 Å². The van der Waals surface area contributed by atoms with Gasteiger partial charge >= 0.3 is 0 Å². The first-order valence-electron chi connectivity index (χ1n) is 3.64. The summed E-state index contributed by atoms with van der Waals surface area (Å²) in [4.78, 5) is 0. The molecular formula is C9H11FO2. The SMILES string of the molecule is COCOCc1ccccc1F. The second kappa shape index (κ2) is 4.85. The van der Waals surface area contributed by atoms with E-state index in [9.17, 15) is 4.39 Å². The molecule has 0 aliphatic carbocycles. The topological polar surface area (TPSA) is 18.5 Å². The van der Waals surface area contributed by atoms with Crippen LogP contribution in [0.2, 0.25) is 0 Å². The Morgan fingerprint density at radius 2 is 2.08 bits per heavy atom. The maximum atomic E-state index is 12.9. The summed E-state index contributed by atoms with van der Waals surface area (Å²) in [6.45, 7) is 0.439. The number of methoxy groups -OCH3 is 1. The zero-order valence-electron chi connectivity index (χ0n) is 6.92. The van der Waals surface area contributed by atoms with Crippen molar-refractivity contribution in [2.24, 2.45) is 0 Å². The lowest BCUT2D eigenvalue weighted by Gasteiger charge is -2.03. The fourth-order valence-electron chi connectivity index (χ4n) is 0.850. The summed E-state index contributed by atoms with van der Waals surface area (Å²) in [5, 5.41) is 0. The Kier molecular flexibility index (Phi) is 3.70. The van der Waals surface area contributed by atoms with Crippen molar-refractivity contribution in [1.82, 2.24) is 0 Å². The third-order valence-corrected chi connectivity index (χ3v) is 1.42. The summed E-state index contributed by atoms with van der Waals surface area (Å²) in [5.74, 6) is -0.242. The molecule has 12 heavy (non-hydrogen) atoms. The van der Waals surface area contributed by atoms with Crippen LogP contribution in [0.4, 0.5) is 4.39 Å². The predicted molar refractivity (Wildman–Crippen MR) is 43.1 cm³/mol. The van der Waals surface area contributed by atoms with E-state index >= 15 is 0 Å². The molecule has 0 bridgehead atoms. The molecule has 0 atom stereocenters. The first-order chi connectivity index (χ1) is 5.84. The molecule has 0 spiro atoms. The van der Waals surface area contributed by atoms with Crippen molar-refractivity contribution in [3.63, 3.8) is 0 Å². The fourth-order valence-corrected chi connectivity index (χ4v) is 0.850. The highest BCUT2D eigenvalue weighted by Gasteiger charge is 1.98. The minimum absolute atomic E-state index is 0.189. The summed E-state index contributed by atoms with van der Waals surface area (Å²) < 4.78 is 22.5. The quantitative estimate of drug-likeness (QED) is 0.508. The van der Waals surface area contributed by atoms with Crippen LogP contribution in [0, 0.1) is 5.82 Å². The molecule has 0 aliphatic rings. The number of benzene rings is 1. The number of hydrogen-bond acceptors (Lipinski definition) is 2. The summed E-state index contributed by atoms with van der Waals surface area (Å²) in [6.07, 6.45) is 0. The van der Waals surface area contributed by atoms with Gasteiger partial charge in [0.25, 0.3) is 0 Å². The van der Waals surface area contributed by atoms with Crippen LogP contribution in [-0.4, -0.2) is 13.9 Å². The van der Waals surface area contributed by atoms with Gasteiger partial charge in [-0.3, -0.25) is 0 Å². The molecule has 1 aromatic carbocycles. The van der Waals surface area contributed by atoms with Gasteiger partial charge in [-0.15, -0.1) is 0 Å². The molecule has 1 rings (SSSR count). The molecule has 0 radical (unpaired) electrons. The molecule has 2 nitrogen and oxygen atoms in total. The number of rotatable bonds is 4. The highest BCUT2D eigenvalue weighted by atomic mass is 19.1. The predicted octanol–water partition coefficient (Wildman–Crippen LogP) is 1.95. The summed E-state index contributed by atoms with van der Waals surface area (Å²) in [6, 6.07) is 6.51. The first-order valence-corrected chi connectivity index (χ1v) is 3.64. The fraction of sp³-hybridized carbons (Fsp3) is 0.333. The molecule has 66 valence electrons. The van der Waals surface area contributed by atoms with E-state index < -0.39 is 0 Å². The molecule has 0 amide bonds. The average molecular weight is 170 g/mol. The van der Waals surface area contributed by atoms with Gasteiger partial charge in [-0.05, 0) is 6.07 Å². The van der Waals surface area contributed by atoms with E-state index in [2.05, 4.69) is 4.74 Å². The van der Waals surface area contributed by atoms with Crippen LogP contribution in [0.25, 0.3) is 0 Å². The number of halogens is 1. The molecule has 3 heteroatoms. The highest BCUT2D eigenvalue weighted by molar-refractivity contribution is 5.16. The zero-order chi connectivity index (χ0) is 8.81. The molecule has 0 unspecified atom stereocenters. The Morgan fingerprint density at radius 1 is 1.33 bits per heavy atom. The lowest BCUT2D eigenvalue weighted by Crippen LogP contribution is -1.98. The van der Waals surface area contributed by atoms with Crippen LogP contribution in [0.3, 0.4) is 0 Å². The molecule has 0 N–H and O–H groups in total. The molecule has 0 saturated heterocycles. The molecular weight excluding hydrogens is 159 g/mol. The van der Waals surface area contributed by atoms with Crippen LogP contribution in [0.5, 0.6) is 0 Å². The maximum Gasteiger partial charge on any atom is 0.146 e. The number of hydrogen-bond donors (Lipinski definition) is 0. The van der Waals surface area contributed by atoms with Crippen LogP contribution in [0.1, 0.15) is 5.56 Å². The van der Waals surface area contributed by atoms with E-state index in [0.29, 0.717) is 5.56 Å². The van der Waals surface area contributed by atoms with Crippen LogP contribution in [-0.2, 0) is 16.1 Å². The standard InChI is InChI=1S/C9H11FO2/c1-11-7-12-6-8-4-2-3-5-9(8)10/h2-5H,6-7H2,1H3. The van der Waals surface area contributed by atoms with Gasteiger partial charge in [0.1, 0.15) is 12.6 Å². The third kappa shape index (κ3) is 2.60. The third-order valence-electron chi connectivity index (χ3n) is 1.42. The Labute approximate surface area is 70.9 Å². The van der Waals surface area contributed by atoms with E-state index in [4.69, 9.17) is 4.74 Å². The second-order valence-corrected chi connectivity index (χ2v) is 2.35. The lowest BCUT2D eigenvalue weighted by molar-refractivity contribution is -0.0398. The van der Waals surface area contributed by atoms with Gasteiger partial charge in [-0.25, -0.2) is 4.39 Å². The lowest BCUT2D eigenvalue weighted by atomic mass is 10.2. The van der Waals surface area contributed by atoms with E-state index in [0.717, 1.165) is 0 Å². The molecule has 0 aromatic heterocycles. The molecule has 0 aliphatic heterocycles. The van der Waals surface area contributed by atoms with Crippen molar-refractivity contribution in [3.8, 4) is 0 Å². The van der Waals surface area contributed by atoms with Crippen LogP contribution >= 0.6 is 0 Å². The largest absolute Gasteiger partial charge is 0.359 e. The maximum absolute atomic E-state index is 12.9. The number of ether oxygens (including phenoxy) is 2. The Bertz CT molecular complexity index is 238. The van der Waals surface area contributed by atoms with E-state index in [1.165, 1.54) is 13.2 Å². The summed E-state index contributed by atoms with van der Waals surface area (Å²) >= 11 is 0. The van der Waals surface area contributed by atoms with Gasteiger partial charge in [0, 0.05) is 12.7 Å². The van der Waals surface area contributed by atoms with Gasteiger partial charge in [0.05, 0.1) is 6.61 Å². The highest BCUT2D eigenvalue weighted by Crippen LogP contribution is 2.06. The molecule has 1 aromatic rings. The normalized spacial score (nSPS) is 10.2. The molecule has 0 saturated carbocycles. The Hall–Kier alpha value is -0.930. The van der Waals surface area contributed by atoms with E-state index in [1.807, 2.05) is 0 Å². The minimum atomic E-state index is -0.242. The van der Waals surface area contributed by atoms with Crippen molar-refractivity contribution in [3.05, 3.63) is 35.6 Å². The summed E-state index contributed by atoms with van der Waals surface area (Å²) in [7, 11) is 1.53. The van der Waals surface area contributed by atoms with E-state index in [1.54, 1.807) is 18.2 Å². The summed E-state index contributed by atoms with van der Waals surface area (Å²) in [5.41, 5.74) is 0.551. The monoisotopic (exact) mass is 170 g/mol. The van der Waals surface area contributed by atoms with Gasteiger partial charge in [-0.1, -0.05) is 18.2 Å². The second-order valence-electron chi connectivity index (χ2n) is 2.35. The van der Waals surface area contributed by atoms with E-state index in [-0.39, 0.29) is 19.2 Å². The minimum Gasteiger partial charge on any atom is -0.359 e.